The average molecular weight is 335 g/mol. The van der Waals surface area contributed by atoms with Crippen molar-refractivity contribution in [3.63, 3.8) is 0 Å². The predicted octanol–water partition coefficient (Wildman–Crippen LogP) is 2.49. The molecule has 2 aliphatic heterocycles. The largest absolute Gasteiger partial charge is 0.506 e. The number of pyridine rings is 1. The quantitative estimate of drug-likeness (QED) is 0.613. The number of unbranched alkanes of at least 4 members (excludes halogenated alkanes) is 2. The molecule has 1 aromatic rings. The molecular formula is C18H27N2O4+. The van der Waals surface area contributed by atoms with Crippen LogP contribution in [0.3, 0.4) is 0 Å². The number of hydrogen-bond acceptors (Lipinski definition) is 5. The summed E-state index contributed by atoms with van der Waals surface area (Å²) in [6.45, 7) is 5.23. The number of ether oxygens (including phenoxy) is 3. The highest BCUT2D eigenvalue weighted by Gasteiger charge is 2.24. The second-order valence-electron chi connectivity index (χ2n) is 6.80. The van der Waals surface area contributed by atoms with Crippen molar-refractivity contribution in [2.45, 2.75) is 32.0 Å². The van der Waals surface area contributed by atoms with Crippen molar-refractivity contribution in [1.82, 2.24) is 4.98 Å². The van der Waals surface area contributed by atoms with E-state index >= 15 is 0 Å². The topological polar surface area (TPSA) is 60.8 Å². The van der Waals surface area contributed by atoms with Crippen LogP contribution in [-0.4, -0.2) is 54.5 Å². The monoisotopic (exact) mass is 335 g/mol. The highest BCUT2D eigenvalue weighted by atomic mass is 16.7. The summed E-state index contributed by atoms with van der Waals surface area (Å²) in [5, 5.41) is 9.92. The van der Waals surface area contributed by atoms with Crippen LogP contribution in [0, 0.1) is 0 Å². The van der Waals surface area contributed by atoms with Crippen LogP contribution >= 0.6 is 0 Å². The van der Waals surface area contributed by atoms with Crippen molar-refractivity contribution in [1.29, 1.82) is 0 Å². The van der Waals surface area contributed by atoms with Crippen molar-refractivity contribution < 1.29 is 23.8 Å². The van der Waals surface area contributed by atoms with Crippen molar-refractivity contribution in [3.8, 4) is 5.75 Å². The molecule has 0 spiro atoms. The molecule has 2 aliphatic rings. The number of aromatic nitrogens is 1. The maximum absolute atomic E-state index is 9.92. The van der Waals surface area contributed by atoms with Crippen LogP contribution in [0.1, 0.15) is 36.9 Å². The lowest BCUT2D eigenvalue weighted by atomic mass is 10.1. The molecule has 0 saturated carbocycles. The van der Waals surface area contributed by atoms with E-state index in [1.54, 1.807) is 6.07 Å². The highest BCUT2D eigenvalue weighted by Crippen LogP contribution is 2.29. The Kier molecular flexibility index (Phi) is 5.58. The Morgan fingerprint density at radius 2 is 1.88 bits per heavy atom. The smallest absolute Gasteiger partial charge is 0.286 e. The molecule has 1 fully saturated rings. The van der Waals surface area contributed by atoms with Gasteiger partial charge in [-0.3, -0.25) is 0 Å². The summed E-state index contributed by atoms with van der Waals surface area (Å²) in [6, 6.07) is 3.54. The summed E-state index contributed by atoms with van der Waals surface area (Å²) in [4.78, 5) is 4.49. The third-order valence-corrected chi connectivity index (χ3v) is 4.83. The molecule has 0 amide bonds. The molecule has 0 radical (unpaired) electrons. The molecule has 0 unspecified atom stereocenters. The zero-order valence-corrected chi connectivity index (χ0v) is 14.3. The first kappa shape index (κ1) is 17.0. The van der Waals surface area contributed by atoms with Gasteiger partial charge < -0.3 is 23.8 Å². The molecule has 0 aromatic carbocycles. The number of morpholine rings is 1. The van der Waals surface area contributed by atoms with Gasteiger partial charge in [-0.2, -0.15) is 0 Å². The third kappa shape index (κ3) is 4.39. The SMILES string of the molecule is C[N+]1(CCCCCc2ccc(O)c(C3OC=CO3)n2)CCOCC1. The van der Waals surface area contributed by atoms with Crippen molar-refractivity contribution in [2.75, 3.05) is 39.9 Å². The molecule has 0 atom stereocenters. The number of quaternary nitrogens is 1. The summed E-state index contributed by atoms with van der Waals surface area (Å²) in [6.07, 6.45) is 6.71. The number of hydrogen-bond donors (Lipinski definition) is 1. The summed E-state index contributed by atoms with van der Waals surface area (Å²) in [5.74, 6) is 0.109. The second-order valence-corrected chi connectivity index (χ2v) is 6.80. The Balaban J connectivity index is 1.42. The van der Waals surface area contributed by atoms with E-state index in [0.29, 0.717) is 5.69 Å². The third-order valence-electron chi connectivity index (χ3n) is 4.83. The Labute approximate surface area is 143 Å². The van der Waals surface area contributed by atoms with Gasteiger partial charge in [0.15, 0.2) is 5.69 Å². The molecule has 0 aliphatic carbocycles. The fourth-order valence-corrected chi connectivity index (χ4v) is 3.17. The maximum atomic E-state index is 9.92. The van der Waals surface area contributed by atoms with Gasteiger partial charge >= 0.3 is 0 Å². The van der Waals surface area contributed by atoms with Crippen LogP contribution in [0.2, 0.25) is 0 Å². The molecule has 1 N–H and O–H groups in total. The van der Waals surface area contributed by atoms with Gasteiger partial charge in [-0.25, -0.2) is 4.98 Å². The van der Waals surface area contributed by atoms with Crippen LogP contribution in [0.5, 0.6) is 5.75 Å². The van der Waals surface area contributed by atoms with E-state index in [0.717, 1.165) is 49.3 Å². The lowest BCUT2D eigenvalue weighted by Crippen LogP contribution is -2.52. The van der Waals surface area contributed by atoms with Crippen LogP contribution in [0.4, 0.5) is 0 Å². The zero-order valence-electron chi connectivity index (χ0n) is 14.3. The first-order valence-electron chi connectivity index (χ1n) is 8.72. The molecule has 3 heterocycles. The average Bonchev–Trinajstić information content (AvgIpc) is 3.11. The van der Waals surface area contributed by atoms with Gasteiger partial charge in [0.05, 0.1) is 26.8 Å². The molecule has 24 heavy (non-hydrogen) atoms. The lowest BCUT2D eigenvalue weighted by Gasteiger charge is -2.37. The Bertz CT molecular complexity index is 562. The van der Waals surface area contributed by atoms with Crippen molar-refractivity contribution >= 4 is 0 Å². The number of nitrogens with zero attached hydrogens (tertiary/aromatic N) is 2. The van der Waals surface area contributed by atoms with E-state index in [2.05, 4.69) is 12.0 Å². The highest BCUT2D eigenvalue weighted by molar-refractivity contribution is 5.29. The van der Waals surface area contributed by atoms with Crippen molar-refractivity contribution in [2.24, 2.45) is 0 Å². The summed E-state index contributed by atoms with van der Waals surface area (Å²) >= 11 is 0. The minimum Gasteiger partial charge on any atom is -0.506 e. The second kappa shape index (κ2) is 7.85. The Morgan fingerprint density at radius 1 is 1.12 bits per heavy atom. The van der Waals surface area contributed by atoms with Gasteiger partial charge in [-0.05, 0) is 37.8 Å². The van der Waals surface area contributed by atoms with Gasteiger partial charge in [0, 0.05) is 5.69 Å². The zero-order chi connectivity index (χ0) is 16.8. The maximum Gasteiger partial charge on any atom is 0.286 e. The number of likely N-dealkylation sites (N-methyl/N-ethyl adjacent to an activating group) is 1. The lowest BCUT2D eigenvalue weighted by molar-refractivity contribution is -0.917. The fourth-order valence-electron chi connectivity index (χ4n) is 3.17. The summed E-state index contributed by atoms with van der Waals surface area (Å²) in [7, 11) is 2.33. The van der Waals surface area contributed by atoms with Gasteiger partial charge in [0.25, 0.3) is 6.29 Å². The Hall–Kier alpha value is -1.79. The fraction of sp³-hybridized carbons (Fsp3) is 0.611. The van der Waals surface area contributed by atoms with E-state index in [9.17, 15) is 5.11 Å². The number of aromatic hydroxyl groups is 1. The van der Waals surface area contributed by atoms with Crippen LogP contribution in [-0.2, 0) is 20.6 Å². The van der Waals surface area contributed by atoms with E-state index in [1.807, 2.05) is 6.07 Å². The van der Waals surface area contributed by atoms with Crippen LogP contribution in [0.15, 0.2) is 24.7 Å². The van der Waals surface area contributed by atoms with Gasteiger partial charge in [0.2, 0.25) is 0 Å². The summed E-state index contributed by atoms with van der Waals surface area (Å²) < 4.78 is 17.1. The van der Waals surface area contributed by atoms with Crippen LogP contribution in [0.25, 0.3) is 0 Å². The molecule has 1 aromatic heterocycles. The molecule has 1 saturated heterocycles. The van der Waals surface area contributed by atoms with E-state index in [4.69, 9.17) is 14.2 Å². The standard InChI is InChI=1S/C18H26N2O4/c1-20(9-11-22-12-10-20)8-4-2-3-5-15-6-7-16(21)17(19-15)18-23-13-14-24-18/h6-7,13-14,18H,2-5,8-12H2,1H3/p+1. The minimum absolute atomic E-state index is 0.109. The molecule has 3 rings (SSSR count). The number of aryl methyl sites for hydroxylation is 1. The van der Waals surface area contributed by atoms with Gasteiger partial charge in [-0.1, -0.05) is 0 Å². The minimum atomic E-state index is -0.629. The normalized spacial score (nSPS) is 19.9. The molecule has 6 heteroatoms. The van der Waals surface area contributed by atoms with E-state index in [1.165, 1.54) is 31.9 Å². The first-order chi connectivity index (χ1) is 11.7. The Morgan fingerprint density at radius 3 is 2.62 bits per heavy atom. The van der Waals surface area contributed by atoms with Gasteiger partial charge in [-0.15, -0.1) is 0 Å². The number of rotatable bonds is 7. The molecule has 6 nitrogen and oxygen atoms in total. The summed E-state index contributed by atoms with van der Waals surface area (Å²) in [5.41, 5.74) is 1.41. The van der Waals surface area contributed by atoms with E-state index < -0.39 is 6.29 Å². The van der Waals surface area contributed by atoms with Gasteiger partial charge in [0.1, 0.15) is 31.4 Å². The first-order valence-corrected chi connectivity index (χ1v) is 8.72. The molecule has 0 bridgehead atoms. The predicted molar refractivity (Wildman–Crippen MR) is 89.1 cm³/mol. The molecular weight excluding hydrogens is 308 g/mol. The van der Waals surface area contributed by atoms with E-state index in [-0.39, 0.29) is 5.75 Å². The molecule has 132 valence electrons. The van der Waals surface area contributed by atoms with Crippen molar-refractivity contribution in [3.05, 3.63) is 36.0 Å². The van der Waals surface area contributed by atoms with Crippen LogP contribution < -0.4 is 0 Å².